The average molecular weight is 419 g/mol. The number of imidazole rings is 2. The molecule has 0 atom stereocenters. The molecule has 4 nitrogen and oxygen atoms in total. The zero-order valence-electron chi connectivity index (χ0n) is 11.1. The van der Waals surface area contributed by atoms with Crippen LogP contribution in [0.25, 0.3) is 11.0 Å². The zero-order valence-corrected chi connectivity index (χ0v) is 14.1. The van der Waals surface area contributed by atoms with E-state index < -0.39 is 0 Å². The van der Waals surface area contributed by atoms with Crippen molar-refractivity contribution in [3.8, 4) is 0 Å². The van der Waals surface area contributed by atoms with Crippen molar-refractivity contribution in [3.05, 3.63) is 46.1 Å². The van der Waals surface area contributed by atoms with Crippen LogP contribution in [0, 0.1) is 9.39 Å². The van der Waals surface area contributed by atoms with Gasteiger partial charge in [0.2, 0.25) is 0 Å². The number of hydrogen-bond donors (Lipinski definition) is 0. The molecule has 0 N–H and O–H groups in total. The minimum absolute atomic E-state index is 0.218. The number of benzene rings is 1. The SMILES string of the molecule is Fc1cc2c(cc1I)nc(CCCl)n2CCn1ccnc1. The van der Waals surface area contributed by atoms with Crippen LogP contribution in [0.4, 0.5) is 4.39 Å². The van der Waals surface area contributed by atoms with Gasteiger partial charge in [0, 0.05) is 43.9 Å². The van der Waals surface area contributed by atoms with Gasteiger partial charge in [0.1, 0.15) is 11.6 Å². The summed E-state index contributed by atoms with van der Waals surface area (Å²) in [5.41, 5.74) is 1.62. The van der Waals surface area contributed by atoms with Crippen LogP contribution in [-0.4, -0.2) is 25.0 Å². The maximum absolute atomic E-state index is 13.8. The normalized spacial score (nSPS) is 11.4. The molecule has 0 saturated carbocycles. The molecule has 0 aliphatic heterocycles. The standard InChI is InChI=1S/C14H13ClFIN4/c15-2-1-14-19-12-8-11(17)10(16)7-13(12)21(14)6-5-20-4-3-18-9-20/h3-4,7-9H,1-2,5-6H2. The van der Waals surface area contributed by atoms with Crippen LogP contribution in [0.3, 0.4) is 0 Å². The first-order valence-corrected chi connectivity index (χ1v) is 8.16. The van der Waals surface area contributed by atoms with Crippen molar-refractivity contribution in [2.75, 3.05) is 5.88 Å². The zero-order chi connectivity index (χ0) is 14.8. The highest BCUT2D eigenvalue weighted by atomic mass is 127. The van der Waals surface area contributed by atoms with Crippen molar-refractivity contribution in [2.24, 2.45) is 0 Å². The maximum Gasteiger partial charge on any atom is 0.138 e. The van der Waals surface area contributed by atoms with Crippen molar-refractivity contribution in [1.82, 2.24) is 19.1 Å². The number of rotatable bonds is 5. The Morgan fingerprint density at radius 2 is 2.14 bits per heavy atom. The summed E-state index contributed by atoms with van der Waals surface area (Å²) in [4.78, 5) is 8.61. The van der Waals surface area contributed by atoms with Gasteiger partial charge in [-0.2, -0.15) is 0 Å². The van der Waals surface area contributed by atoms with Gasteiger partial charge in [-0.05, 0) is 28.7 Å². The van der Waals surface area contributed by atoms with Crippen LogP contribution in [0.5, 0.6) is 0 Å². The quantitative estimate of drug-likeness (QED) is 0.470. The molecule has 3 rings (SSSR count). The van der Waals surface area contributed by atoms with Crippen molar-refractivity contribution < 1.29 is 4.39 Å². The Morgan fingerprint density at radius 1 is 1.29 bits per heavy atom. The number of hydrogen-bond acceptors (Lipinski definition) is 2. The molecule has 0 fully saturated rings. The van der Waals surface area contributed by atoms with Crippen molar-refractivity contribution in [1.29, 1.82) is 0 Å². The number of aryl methyl sites for hydroxylation is 3. The minimum atomic E-state index is -0.218. The van der Waals surface area contributed by atoms with Crippen LogP contribution in [0.1, 0.15) is 5.82 Å². The molecule has 2 aromatic heterocycles. The number of aromatic nitrogens is 4. The third kappa shape index (κ3) is 3.06. The van der Waals surface area contributed by atoms with Crippen LogP contribution in [0.15, 0.2) is 30.9 Å². The van der Waals surface area contributed by atoms with E-state index >= 15 is 0 Å². The summed E-state index contributed by atoms with van der Waals surface area (Å²) in [6, 6.07) is 3.33. The lowest BCUT2D eigenvalue weighted by Crippen LogP contribution is -2.10. The van der Waals surface area contributed by atoms with Crippen LogP contribution in [0.2, 0.25) is 0 Å². The summed E-state index contributed by atoms with van der Waals surface area (Å²) < 4.78 is 18.5. The summed E-state index contributed by atoms with van der Waals surface area (Å²) in [5, 5.41) is 0. The fraction of sp³-hybridized carbons (Fsp3) is 0.286. The van der Waals surface area contributed by atoms with Gasteiger partial charge in [0.25, 0.3) is 0 Å². The van der Waals surface area contributed by atoms with E-state index in [-0.39, 0.29) is 5.82 Å². The lowest BCUT2D eigenvalue weighted by Gasteiger charge is -2.09. The van der Waals surface area contributed by atoms with Crippen LogP contribution < -0.4 is 0 Å². The van der Waals surface area contributed by atoms with Gasteiger partial charge in [-0.3, -0.25) is 0 Å². The molecule has 0 aliphatic carbocycles. The Balaban J connectivity index is 2.00. The lowest BCUT2D eigenvalue weighted by atomic mass is 10.3. The number of fused-ring (bicyclic) bond motifs is 1. The van der Waals surface area contributed by atoms with Gasteiger partial charge in [-0.25, -0.2) is 14.4 Å². The van der Waals surface area contributed by atoms with E-state index in [2.05, 4.69) is 9.97 Å². The summed E-state index contributed by atoms with van der Waals surface area (Å²) in [6.45, 7) is 1.47. The topological polar surface area (TPSA) is 35.6 Å². The van der Waals surface area contributed by atoms with Crippen molar-refractivity contribution in [3.63, 3.8) is 0 Å². The smallest absolute Gasteiger partial charge is 0.138 e. The summed E-state index contributed by atoms with van der Waals surface area (Å²) >= 11 is 7.84. The first-order valence-electron chi connectivity index (χ1n) is 6.55. The van der Waals surface area contributed by atoms with Crippen LogP contribution >= 0.6 is 34.2 Å². The molecule has 21 heavy (non-hydrogen) atoms. The molecule has 0 amide bonds. The molecule has 3 aromatic rings. The van der Waals surface area contributed by atoms with Crippen molar-refractivity contribution >= 4 is 45.2 Å². The second kappa shape index (κ2) is 6.31. The fourth-order valence-electron chi connectivity index (χ4n) is 2.33. The van der Waals surface area contributed by atoms with Gasteiger partial charge < -0.3 is 9.13 Å². The molecule has 2 heterocycles. The molecule has 0 radical (unpaired) electrons. The highest BCUT2D eigenvalue weighted by Crippen LogP contribution is 2.22. The second-order valence-electron chi connectivity index (χ2n) is 4.67. The van der Waals surface area contributed by atoms with E-state index in [4.69, 9.17) is 11.6 Å². The Hall–Kier alpha value is -1.15. The van der Waals surface area contributed by atoms with Gasteiger partial charge >= 0.3 is 0 Å². The molecule has 1 aromatic carbocycles. The molecule has 110 valence electrons. The molecule has 0 aliphatic rings. The highest BCUT2D eigenvalue weighted by molar-refractivity contribution is 14.1. The summed E-state index contributed by atoms with van der Waals surface area (Å²) in [7, 11) is 0. The maximum atomic E-state index is 13.8. The first kappa shape index (κ1) is 14.8. The second-order valence-corrected chi connectivity index (χ2v) is 6.21. The minimum Gasteiger partial charge on any atom is -0.336 e. The fourth-order valence-corrected chi connectivity index (χ4v) is 2.95. The van der Waals surface area contributed by atoms with E-state index in [9.17, 15) is 4.39 Å². The predicted octanol–water partition coefficient (Wildman–Crippen LogP) is 3.46. The van der Waals surface area contributed by atoms with Gasteiger partial charge in [0.15, 0.2) is 0 Å². The van der Waals surface area contributed by atoms with E-state index in [1.807, 2.05) is 37.9 Å². The molecular weight excluding hydrogens is 406 g/mol. The Kier molecular flexibility index (Phi) is 4.44. The molecule has 7 heteroatoms. The molecule has 0 bridgehead atoms. The first-order chi connectivity index (χ1) is 10.2. The summed E-state index contributed by atoms with van der Waals surface area (Å²) in [6.07, 6.45) is 6.08. The molecular formula is C14H13ClFIN4. The predicted molar refractivity (Wildman–Crippen MR) is 89.1 cm³/mol. The lowest BCUT2D eigenvalue weighted by molar-refractivity contribution is 0.570. The van der Waals surface area contributed by atoms with Crippen LogP contribution in [-0.2, 0) is 19.5 Å². The monoisotopic (exact) mass is 418 g/mol. The Bertz CT molecular complexity index is 754. The van der Waals surface area contributed by atoms with E-state index in [1.54, 1.807) is 24.7 Å². The molecule has 0 unspecified atom stereocenters. The van der Waals surface area contributed by atoms with Gasteiger partial charge in [0.05, 0.1) is 20.9 Å². The van der Waals surface area contributed by atoms with Gasteiger partial charge in [-0.15, -0.1) is 11.6 Å². The number of nitrogens with zero attached hydrogens (tertiary/aromatic N) is 4. The number of alkyl halides is 1. The van der Waals surface area contributed by atoms with E-state index in [0.29, 0.717) is 22.4 Å². The van der Waals surface area contributed by atoms with Gasteiger partial charge in [-0.1, -0.05) is 0 Å². The third-order valence-corrected chi connectivity index (χ3v) is 4.34. The third-order valence-electron chi connectivity index (χ3n) is 3.33. The van der Waals surface area contributed by atoms with E-state index in [0.717, 1.165) is 23.4 Å². The summed E-state index contributed by atoms with van der Waals surface area (Å²) in [5.74, 6) is 1.17. The Morgan fingerprint density at radius 3 is 2.86 bits per heavy atom. The number of halogens is 3. The highest BCUT2D eigenvalue weighted by Gasteiger charge is 2.13. The average Bonchev–Trinajstić information content (AvgIpc) is 3.06. The molecule has 0 saturated heterocycles. The largest absolute Gasteiger partial charge is 0.336 e. The van der Waals surface area contributed by atoms with E-state index in [1.165, 1.54) is 0 Å². The van der Waals surface area contributed by atoms with Crippen molar-refractivity contribution in [2.45, 2.75) is 19.5 Å². The Labute approximate surface area is 140 Å². The molecule has 0 spiro atoms.